The fraction of sp³-hybridized carbons (Fsp3) is 0.227. The standard InChI is InChI=1S/C22H24BN3O3S/c23-26-14-12-17(13-15-26)25-30(28,29)21-11-10-20(18-8-4-5-9-19(18)21)24-22(27)16-6-2-1-3-7-16/h1-11,17,25H,12-15,23H2,(H,24,27). The fourth-order valence-corrected chi connectivity index (χ4v) is 5.32. The molecular formula is C22H24BN3O3S. The molecule has 0 aromatic heterocycles. The van der Waals surface area contributed by atoms with Gasteiger partial charge in [0.25, 0.3) is 5.91 Å². The summed E-state index contributed by atoms with van der Waals surface area (Å²) < 4.78 is 29.1. The molecule has 1 heterocycles. The van der Waals surface area contributed by atoms with Crippen LogP contribution in [-0.2, 0) is 10.0 Å². The maximum atomic E-state index is 13.1. The van der Waals surface area contributed by atoms with Gasteiger partial charge in [-0.3, -0.25) is 4.79 Å². The average molecular weight is 421 g/mol. The molecule has 1 amide bonds. The molecule has 0 saturated carbocycles. The molecule has 1 aliphatic rings. The molecule has 1 aliphatic heterocycles. The minimum atomic E-state index is -3.68. The van der Waals surface area contributed by atoms with Crippen LogP contribution in [-0.4, -0.2) is 46.2 Å². The van der Waals surface area contributed by atoms with Crippen molar-refractivity contribution in [2.75, 3.05) is 18.4 Å². The molecule has 0 aliphatic carbocycles. The molecule has 3 aromatic rings. The monoisotopic (exact) mass is 421 g/mol. The number of hydrogen-bond acceptors (Lipinski definition) is 4. The Morgan fingerprint density at radius 3 is 2.23 bits per heavy atom. The van der Waals surface area contributed by atoms with Gasteiger partial charge in [0.15, 0.2) is 7.98 Å². The van der Waals surface area contributed by atoms with E-state index in [2.05, 4.69) is 14.8 Å². The third kappa shape index (κ3) is 4.40. The molecule has 0 radical (unpaired) electrons. The second kappa shape index (κ2) is 8.59. The highest BCUT2D eigenvalue weighted by molar-refractivity contribution is 7.89. The molecule has 0 atom stereocenters. The Balaban J connectivity index is 1.64. The number of nitrogens with zero attached hydrogens (tertiary/aromatic N) is 1. The van der Waals surface area contributed by atoms with Crippen molar-refractivity contribution in [2.24, 2.45) is 0 Å². The molecule has 30 heavy (non-hydrogen) atoms. The van der Waals surface area contributed by atoms with Crippen LogP contribution in [0.1, 0.15) is 23.2 Å². The second-order valence-corrected chi connectivity index (χ2v) is 9.36. The van der Waals surface area contributed by atoms with Crippen molar-refractivity contribution in [3.63, 3.8) is 0 Å². The number of amides is 1. The van der Waals surface area contributed by atoms with Crippen LogP contribution in [0.4, 0.5) is 5.69 Å². The molecule has 1 saturated heterocycles. The summed E-state index contributed by atoms with van der Waals surface area (Å²) in [6.45, 7) is 1.75. The first kappa shape index (κ1) is 20.6. The second-order valence-electron chi connectivity index (χ2n) is 7.68. The predicted octanol–water partition coefficient (Wildman–Crippen LogP) is 2.38. The van der Waals surface area contributed by atoms with Gasteiger partial charge in [-0.15, -0.1) is 0 Å². The number of piperidine rings is 1. The summed E-state index contributed by atoms with van der Waals surface area (Å²) in [7, 11) is -1.64. The zero-order valence-electron chi connectivity index (χ0n) is 16.8. The van der Waals surface area contributed by atoms with E-state index in [1.807, 2.05) is 26.2 Å². The van der Waals surface area contributed by atoms with Gasteiger partial charge >= 0.3 is 0 Å². The molecule has 0 spiro atoms. The zero-order valence-corrected chi connectivity index (χ0v) is 17.7. The van der Waals surface area contributed by atoms with Crippen molar-refractivity contribution in [1.82, 2.24) is 9.53 Å². The fourth-order valence-electron chi connectivity index (χ4n) is 3.81. The summed E-state index contributed by atoms with van der Waals surface area (Å²) in [4.78, 5) is 15.0. The van der Waals surface area contributed by atoms with Crippen LogP contribution < -0.4 is 10.0 Å². The molecule has 3 aromatic carbocycles. The lowest BCUT2D eigenvalue weighted by Crippen LogP contribution is -2.43. The number of hydrogen-bond donors (Lipinski definition) is 2. The van der Waals surface area contributed by atoms with Crippen molar-refractivity contribution >= 4 is 40.4 Å². The molecule has 4 rings (SSSR count). The van der Waals surface area contributed by atoms with Gasteiger partial charge in [0.05, 0.1) is 4.90 Å². The number of fused-ring (bicyclic) bond motifs is 1. The van der Waals surface area contributed by atoms with Crippen LogP contribution >= 0.6 is 0 Å². The van der Waals surface area contributed by atoms with Gasteiger partial charge in [0.1, 0.15) is 0 Å². The van der Waals surface area contributed by atoms with Crippen LogP contribution in [0.2, 0.25) is 0 Å². The summed E-state index contributed by atoms with van der Waals surface area (Å²) in [6, 6.07) is 19.3. The van der Waals surface area contributed by atoms with Gasteiger partial charge in [-0.25, -0.2) is 13.1 Å². The van der Waals surface area contributed by atoms with Crippen LogP contribution in [0.25, 0.3) is 10.8 Å². The Bertz CT molecular complexity index is 1160. The zero-order chi connectivity index (χ0) is 21.1. The van der Waals surface area contributed by atoms with Gasteiger partial charge < -0.3 is 10.1 Å². The molecule has 8 heteroatoms. The SMILES string of the molecule is BN1CCC(NS(=O)(=O)c2ccc(NC(=O)c3ccccc3)c3ccccc23)CC1. The Morgan fingerprint density at radius 2 is 1.53 bits per heavy atom. The van der Waals surface area contributed by atoms with Crippen molar-refractivity contribution in [1.29, 1.82) is 0 Å². The smallest absolute Gasteiger partial charge is 0.255 e. The first-order valence-corrected chi connectivity index (χ1v) is 11.5. The van der Waals surface area contributed by atoms with E-state index in [4.69, 9.17) is 0 Å². The number of carbonyl (C=O) groups is 1. The molecule has 6 nitrogen and oxygen atoms in total. The number of rotatable bonds is 5. The maximum Gasteiger partial charge on any atom is 0.255 e. The lowest BCUT2D eigenvalue weighted by Gasteiger charge is -2.29. The summed E-state index contributed by atoms with van der Waals surface area (Å²) in [6.07, 6.45) is 1.58. The highest BCUT2D eigenvalue weighted by Crippen LogP contribution is 2.30. The number of benzene rings is 3. The van der Waals surface area contributed by atoms with Crippen molar-refractivity contribution < 1.29 is 13.2 Å². The van der Waals surface area contributed by atoms with E-state index in [0.29, 0.717) is 22.0 Å². The van der Waals surface area contributed by atoms with Crippen molar-refractivity contribution in [3.05, 3.63) is 72.3 Å². The Morgan fingerprint density at radius 1 is 0.900 bits per heavy atom. The van der Waals surface area contributed by atoms with Gasteiger partial charge in [0.2, 0.25) is 10.0 Å². The topological polar surface area (TPSA) is 78.5 Å². The normalized spacial score (nSPS) is 15.9. The molecule has 1 fully saturated rings. The third-order valence-corrected chi connectivity index (χ3v) is 7.08. The van der Waals surface area contributed by atoms with Gasteiger partial charge in [-0.1, -0.05) is 42.5 Å². The highest BCUT2D eigenvalue weighted by atomic mass is 32.2. The van der Waals surface area contributed by atoms with Crippen LogP contribution in [0.3, 0.4) is 0 Å². The van der Waals surface area contributed by atoms with Crippen LogP contribution in [0.15, 0.2) is 71.6 Å². The summed E-state index contributed by atoms with van der Waals surface area (Å²) >= 11 is 0. The molecule has 0 unspecified atom stereocenters. The Labute approximate surface area is 177 Å². The van der Waals surface area contributed by atoms with E-state index >= 15 is 0 Å². The minimum Gasteiger partial charge on any atom is -0.349 e. The van der Waals surface area contributed by atoms with Crippen molar-refractivity contribution in [2.45, 2.75) is 23.8 Å². The van der Waals surface area contributed by atoms with Gasteiger partial charge in [-0.05, 0) is 50.2 Å². The first-order valence-electron chi connectivity index (χ1n) is 10.0. The quantitative estimate of drug-likeness (QED) is 0.621. The maximum absolute atomic E-state index is 13.1. The molecule has 2 N–H and O–H groups in total. The summed E-state index contributed by atoms with van der Waals surface area (Å²) in [5.41, 5.74) is 1.12. The molecular weight excluding hydrogens is 397 g/mol. The van der Waals surface area contributed by atoms with E-state index in [9.17, 15) is 13.2 Å². The van der Waals surface area contributed by atoms with Crippen molar-refractivity contribution in [3.8, 4) is 0 Å². The summed E-state index contributed by atoms with van der Waals surface area (Å²) in [5, 5.41) is 4.18. The highest BCUT2D eigenvalue weighted by Gasteiger charge is 2.25. The number of carbonyl (C=O) groups excluding carboxylic acids is 1. The number of nitrogens with one attached hydrogen (secondary N) is 2. The lowest BCUT2D eigenvalue weighted by atomic mass is 10.0. The third-order valence-electron chi connectivity index (χ3n) is 5.50. The number of anilines is 1. The molecule has 0 bridgehead atoms. The average Bonchev–Trinajstić information content (AvgIpc) is 2.76. The van der Waals surface area contributed by atoms with E-state index in [0.717, 1.165) is 25.9 Å². The lowest BCUT2D eigenvalue weighted by molar-refractivity contribution is 0.102. The van der Waals surface area contributed by atoms with E-state index < -0.39 is 10.0 Å². The first-order chi connectivity index (χ1) is 14.4. The minimum absolute atomic E-state index is 0.0672. The van der Waals surface area contributed by atoms with Gasteiger partial charge in [0, 0.05) is 28.1 Å². The predicted molar refractivity (Wildman–Crippen MR) is 122 cm³/mol. The van der Waals surface area contributed by atoms with E-state index in [-0.39, 0.29) is 16.8 Å². The van der Waals surface area contributed by atoms with Gasteiger partial charge in [-0.2, -0.15) is 0 Å². The molecule has 154 valence electrons. The van der Waals surface area contributed by atoms with Crippen LogP contribution in [0.5, 0.6) is 0 Å². The van der Waals surface area contributed by atoms with E-state index in [1.54, 1.807) is 48.5 Å². The largest absolute Gasteiger partial charge is 0.349 e. The van der Waals surface area contributed by atoms with Crippen LogP contribution in [0, 0.1) is 0 Å². The number of sulfonamides is 1. The Kier molecular flexibility index (Phi) is 5.90. The summed E-state index contributed by atoms with van der Waals surface area (Å²) in [5.74, 6) is -0.235. The Hall–Kier alpha value is -2.68. The van der Waals surface area contributed by atoms with E-state index in [1.165, 1.54) is 0 Å².